The van der Waals surface area contributed by atoms with E-state index in [1.165, 1.54) is 6.07 Å². The van der Waals surface area contributed by atoms with Gasteiger partial charge in [0.15, 0.2) is 0 Å². The molecule has 0 radical (unpaired) electrons. The summed E-state index contributed by atoms with van der Waals surface area (Å²) < 4.78 is 0. The molecule has 0 heterocycles. The summed E-state index contributed by atoms with van der Waals surface area (Å²) in [6.45, 7) is 5.72. The molecule has 0 aliphatic carbocycles. The van der Waals surface area contributed by atoms with Crippen molar-refractivity contribution in [1.29, 1.82) is 0 Å². The Labute approximate surface area is 95.6 Å². The number of rotatable bonds is 3. The molecule has 1 aromatic rings. The first-order valence-electron chi connectivity index (χ1n) is 5.07. The third kappa shape index (κ3) is 2.83. The maximum absolute atomic E-state index is 10.9. The van der Waals surface area contributed by atoms with E-state index in [1.54, 1.807) is 6.07 Å². The van der Waals surface area contributed by atoms with Gasteiger partial charge in [-0.1, -0.05) is 11.6 Å². The van der Waals surface area contributed by atoms with Gasteiger partial charge in [-0.3, -0.25) is 10.1 Å². The molecule has 16 heavy (non-hydrogen) atoms. The summed E-state index contributed by atoms with van der Waals surface area (Å²) in [7, 11) is 0. The minimum atomic E-state index is -0.363. The Balaban J connectivity index is 3.17. The van der Waals surface area contributed by atoms with Crippen LogP contribution in [-0.2, 0) is 6.42 Å². The number of terminal acetylenes is 1. The van der Waals surface area contributed by atoms with Crippen LogP contribution in [0.1, 0.15) is 25.0 Å². The van der Waals surface area contributed by atoms with Crippen LogP contribution in [0.5, 0.6) is 0 Å². The highest BCUT2D eigenvalue weighted by Crippen LogP contribution is 2.27. The fourth-order valence-electron chi connectivity index (χ4n) is 1.56. The van der Waals surface area contributed by atoms with Crippen LogP contribution in [0.4, 0.5) is 5.69 Å². The minimum absolute atomic E-state index is 0.147. The van der Waals surface area contributed by atoms with E-state index in [2.05, 4.69) is 5.92 Å². The molecule has 0 spiro atoms. The van der Waals surface area contributed by atoms with Crippen LogP contribution >= 0.6 is 0 Å². The van der Waals surface area contributed by atoms with Gasteiger partial charge in [-0.15, -0.1) is 12.3 Å². The van der Waals surface area contributed by atoms with Crippen molar-refractivity contribution in [3.05, 3.63) is 39.4 Å². The quantitative estimate of drug-likeness (QED) is 0.443. The van der Waals surface area contributed by atoms with E-state index in [-0.39, 0.29) is 16.0 Å². The lowest BCUT2D eigenvalue weighted by atomic mass is 9.86. The number of hydrogen-bond donors (Lipinski definition) is 0. The Morgan fingerprint density at radius 2 is 2.12 bits per heavy atom. The Morgan fingerprint density at radius 1 is 1.50 bits per heavy atom. The predicted octanol–water partition coefficient (Wildman–Crippen LogP) is 3.11. The summed E-state index contributed by atoms with van der Waals surface area (Å²) in [5.41, 5.74) is 1.49. The molecular weight excluding hydrogens is 202 g/mol. The molecule has 0 amide bonds. The Bertz CT molecular complexity index is 455. The Kier molecular flexibility index (Phi) is 3.34. The number of benzene rings is 1. The highest BCUT2D eigenvalue weighted by atomic mass is 16.6. The second-order valence-corrected chi connectivity index (χ2v) is 4.59. The van der Waals surface area contributed by atoms with E-state index in [9.17, 15) is 10.1 Å². The zero-order valence-electron chi connectivity index (χ0n) is 9.78. The van der Waals surface area contributed by atoms with E-state index in [0.717, 1.165) is 5.56 Å². The lowest BCUT2D eigenvalue weighted by Crippen LogP contribution is -2.13. The van der Waals surface area contributed by atoms with Crippen LogP contribution in [0, 0.1) is 34.8 Å². The molecule has 0 unspecified atom stereocenters. The van der Waals surface area contributed by atoms with Gasteiger partial charge in [0, 0.05) is 17.0 Å². The first-order chi connectivity index (χ1) is 7.35. The highest BCUT2D eigenvalue weighted by Gasteiger charge is 2.21. The molecule has 0 aromatic heterocycles. The van der Waals surface area contributed by atoms with Gasteiger partial charge in [0.2, 0.25) is 0 Å². The number of hydrogen-bond acceptors (Lipinski definition) is 2. The monoisotopic (exact) mass is 217 g/mol. The van der Waals surface area contributed by atoms with Gasteiger partial charge in [-0.05, 0) is 33.3 Å². The van der Waals surface area contributed by atoms with Crippen molar-refractivity contribution in [2.75, 3.05) is 0 Å². The highest BCUT2D eigenvalue weighted by molar-refractivity contribution is 5.43. The third-order valence-electron chi connectivity index (χ3n) is 2.45. The predicted molar refractivity (Wildman–Crippen MR) is 64.2 cm³/mol. The van der Waals surface area contributed by atoms with Crippen LogP contribution in [-0.4, -0.2) is 4.92 Å². The number of nitro benzene ring substituents is 1. The van der Waals surface area contributed by atoms with Crippen LogP contribution in [0.2, 0.25) is 0 Å². The van der Waals surface area contributed by atoms with Crippen molar-refractivity contribution < 1.29 is 4.92 Å². The second kappa shape index (κ2) is 4.36. The largest absolute Gasteiger partial charge is 0.272 e. The number of nitrogens with zero attached hydrogens (tertiary/aromatic N) is 1. The molecule has 3 nitrogen and oxygen atoms in total. The number of nitro groups is 1. The summed E-state index contributed by atoms with van der Waals surface area (Å²) in [5.74, 6) is 2.65. The van der Waals surface area contributed by atoms with Gasteiger partial charge in [-0.25, -0.2) is 0 Å². The van der Waals surface area contributed by atoms with E-state index < -0.39 is 0 Å². The molecule has 0 aliphatic heterocycles. The maximum atomic E-state index is 10.9. The lowest BCUT2D eigenvalue weighted by molar-refractivity contribution is -0.385. The van der Waals surface area contributed by atoms with Gasteiger partial charge >= 0.3 is 0 Å². The molecule has 0 fully saturated rings. The van der Waals surface area contributed by atoms with Gasteiger partial charge in [-0.2, -0.15) is 0 Å². The first kappa shape index (κ1) is 12.3. The molecule has 3 heteroatoms. The van der Waals surface area contributed by atoms with E-state index in [1.807, 2.05) is 26.8 Å². The van der Waals surface area contributed by atoms with E-state index in [4.69, 9.17) is 6.42 Å². The summed E-state index contributed by atoms with van der Waals surface area (Å²) >= 11 is 0. The Morgan fingerprint density at radius 3 is 2.62 bits per heavy atom. The van der Waals surface area contributed by atoms with Crippen molar-refractivity contribution >= 4 is 5.69 Å². The van der Waals surface area contributed by atoms with E-state index in [0.29, 0.717) is 12.0 Å². The molecule has 84 valence electrons. The molecule has 0 saturated carbocycles. The number of aryl methyl sites for hydroxylation is 1. The Hall–Kier alpha value is -1.82. The molecular formula is C13H15NO2. The topological polar surface area (TPSA) is 43.1 Å². The molecule has 0 atom stereocenters. The van der Waals surface area contributed by atoms with Gasteiger partial charge in [0.1, 0.15) is 0 Å². The van der Waals surface area contributed by atoms with Gasteiger partial charge in [0.05, 0.1) is 4.92 Å². The summed E-state index contributed by atoms with van der Waals surface area (Å²) in [4.78, 5) is 10.5. The molecule has 0 bridgehead atoms. The summed E-state index contributed by atoms with van der Waals surface area (Å²) in [6.07, 6.45) is 5.91. The SMILES string of the molecule is C#CC(C)(C)Cc1cc(C)ccc1[N+](=O)[O-]. The van der Waals surface area contributed by atoms with E-state index >= 15 is 0 Å². The maximum Gasteiger partial charge on any atom is 0.272 e. The van der Waals surface area contributed by atoms with Crippen LogP contribution in [0.25, 0.3) is 0 Å². The smallest absolute Gasteiger partial charge is 0.258 e. The molecule has 0 aliphatic rings. The van der Waals surface area contributed by atoms with Crippen molar-refractivity contribution in [2.45, 2.75) is 27.2 Å². The average Bonchev–Trinajstić information content (AvgIpc) is 2.16. The van der Waals surface area contributed by atoms with Gasteiger partial charge < -0.3 is 0 Å². The first-order valence-corrected chi connectivity index (χ1v) is 5.07. The van der Waals surface area contributed by atoms with Crippen LogP contribution < -0.4 is 0 Å². The van der Waals surface area contributed by atoms with Gasteiger partial charge in [0.25, 0.3) is 5.69 Å². The molecule has 0 saturated heterocycles. The fourth-order valence-corrected chi connectivity index (χ4v) is 1.56. The summed E-state index contributed by atoms with van der Waals surface area (Å²) in [5, 5.41) is 10.9. The molecule has 0 N–H and O–H groups in total. The van der Waals surface area contributed by atoms with Crippen molar-refractivity contribution in [3.63, 3.8) is 0 Å². The lowest BCUT2D eigenvalue weighted by Gasteiger charge is -2.17. The zero-order valence-corrected chi connectivity index (χ0v) is 9.78. The van der Waals surface area contributed by atoms with Crippen molar-refractivity contribution in [2.24, 2.45) is 5.41 Å². The minimum Gasteiger partial charge on any atom is -0.258 e. The zero-order chi connectivity index (χ0) is 12.3. The summed E-state index contributed by atoms with van der Waals surface area (Å²) in [6, 6.07) is 5.11. The fraction of sp³-hybridized carbons (Fsp3) is 0.385. The molecule has 1 rings (SSSR count). The molecule has 1 aromatic carbocycles. The second-order valence-electron chi connectivity index (χ2n) is 4.59. The standard InChI is InChI=1S/C13H15NO2/c1-5-13(3,4)9-11-8-10(2)6-7-12(11)14(15)16/h1,6-8H,9H2,2-4H3. The average molecular weight is 217 g/mol. The van der Waals surface area contributed by atoms with Crippen molar-refractivity contribution in [1.82, 2.24) is 0 Å². The van der Waals surface area contributed by atoms with Crippen molar-refractivity contribution in [3.8, 4) is 12.3 Å². The van der Waals surface area contributed by atoms with Crippen LogP contribution in [0.3, 0.4) is 0 Å². The van der Waals surface area contributed by atoms with Crippen LogP contribution in [0.15, 0.2) is 18.2 Å². The normalized spacial score (nSPS) is 10.9. The third-order valence-corrected chi connectivity index (χ3v) is 2.45.